The SMILES string of the molecule is CC(CO)CCCNCc1ccc(CC(=O)O)cc1. The molecule has 4 heteroatoms. The van der Waals surface area contributed by atoms with Crippen LogP contribution in [-0.2, 0) is 17.8 Å². The van der Waals surface area contributed by atoms with Crippen molar-refractivity contribution < 1.29 is 15.0 Å². The van der Waals surface area contributed by atoms with Crippen LogP contribution in [0.2, 0.25) is 0 Å². The molecule has 0 amide bonds. The maximum Gasteiger partial charge on any atom is 0.307 e. The molecule has 1 unspecified atom stereocenters. The Bertz CT molecular complexity index is 375. The number of carboxylic acid groups (broad SMARTS) is 1. The smallest absolute Gasteiger partial charge is 0.307 e. The van der Waals surface area contributed by atoms with E-state index in [2.05, 4.69) is 5.32 Å². The fourth-order valence-corrected chi connectivity index (χ4v) is 1.85. The Morgan fingerprint density at radius 2 is 1.89 bits per heavy atom. The summed E-state index contributed by atoms with van der Waals surface area (Å²) in [5.41, 5.74) is 1.98. The minimum Gasteiger partial charge on any atom is -0.481 e. The number of nitrogens with one attached hydrogen (secondary N) is 1. The zero-order valence-electron chi connectivity index (χ0n) is 11.4. The first-order chi connectivity index (χ1) is 9.11. The van der Waals surface area contributed by atoms with Gasteiger partial charge in [-0.1, -0.05) is 31.2 Å². The van der Waals surface area contributed by atoms with Crippen LogP contribution in [0.5, 0.6) is 0 Å². The van der Waals surface area contributed by atoms with Gasteiger partial charge in [0.05, 0.1) is 6.42 Å². The highest BCUT2D eigenvalue weighted by Crippen LogP contribution is 2.06. The highest BCUT2D eigenvalue weighted by molar-refractivity contribution is 5.70. The van der Waals surface area contributed by atoms with Gasteiger partial charge in [0.1, 0.15) is 0 Å². The lowest BCUT2D eigenvalue weighted by molar-refractivity contribution is -0.136. The van der Waals surface area contributed by atoms with Crippen LogP contribution in [0, 0.1) is 5.92 Å². The van der Waals surface area contributed by atoms with Crippen LogP contribution < -0.4 is 5.32 Å². The topological polar surface area (TPSA) is 69.6 Å². The van der Waals surface area contributed by atoms with Crippen molar-refractivity contribution in [2.75, 3.05) is 13.2 Å². The summed E-state index contributed by atoms with van der Waals surface area (Å²) in [6.07, 6.45) is 2.16. The third-order valence-corrected chi connectivity index (χ3v) is 3.07. The summed E-state index contributed by atoms with van der Waals surface area (Å²) in [6, 6.07) is 7.64. The van der Waals surface area contributed by atoms with Crippen molar-refractivity contribution in [1.82, 2.24) is 5.32 Å². The molecular formula is C15H23NO3. The summed E-state index contributed by atoms with van der Waals surface area (Å²) in [7, 11) is 0. The molecule has 1 rings (SSSR count). The van der Waals surface area contributed by atoms with Crippen LogP contribution in [0.25, 0.3) is 0 Å². The van der Waals surface area contributed by atoms with E-state index in [4.69, 9.17) is 10.2 Å². The highest BCUT2D eigenvalue weighted by Gasteiger charge is 2.01. The van der Waals surface area contributed by atoms with Crippen molar-refractivity contribution in [3.8, 4) is 0 Å². The molecule has 0 saturated carbocycles. The Morgan fingerprint density at radius 3 is 2.47 bits per heavy atom. The van der Waals surface area contributed by atoms with E-state index in [-0.39, 0.29) is 13.0 Å². The van der Waals surface area contributed by atoms with Gasteiger partial charge in [-0.2, -0.15) is 0 Å². The van der Waals surface area contributed by atoms with Gasteiger partial charge in [-0.05, 0) is 36.4 Å². The molecule has 1 aromatic carbocycles. The van der Waals surface area contributed by atoms with Crippen LogP contribution in [-0.4, -0.2) is 29.3 Å². The molecule has 0 saturated heterocycles. The van der Waals surface area contributed by atoms with Crippen molar-refractivity contribution in [2.24, 2.45) is 5.92 Å². The number of carbonyl (C=O) groups is 1. The number of aliphatic carboxylic acids is 1. The lowest BCUT2D eigenvalue weighted by atomic mass is 10.1. The summed E-state index contributed by atoms with van der Waals surface area (Å²) < 4.78 is 0. The summed E-state index contributed by atoms with van der Waals surface area (Å²) in [4.78, 5) is 10.5. The number of rotatable bonds is 9. The molecule has 19 heavy (non-hydrogen) atoms. The minimum absolute atomic E-state index is 0.0761. The summed E-state index contributed by atoms with van der Waals surface area (Å²) in [6.45, 7) is 4.02. The third kappa shape index (κ3) is 6.94. The summed E-state index contributed by atoms with van der Waals surface area (Å²) in [5, 5.41) is 20.9. The van der Waals surface area contributed by atoms with E-state index in [1.165, 1.54) is 0 Å². The van der Waals surface area contributed by atoms with Gasteiger partial charge in [-0.25, -0.2) is 0 Å². The van der Waals surface area contributed by atoms with Gasteiger partial charge < -0.3 is 15.5 Å². The van der Waals surface area contributed by atoms with Gasteiger partial charge in [0, 0.05) is 13.2 Å². The largest absolute Gasteiger partial charge is 0.481 e. The highest BCUT2D eigenvalue weighted by atomic mass is 16.4. The van der Waals surface area contributed by atoms with Crippen LogP contribution in [0.4, 0.5) is 0 Å². The lowest BCUT2D eigenvalue weighted by Gasteiger charge is -2.08. The first-order valence-corrected chi connectivity index (χ1v) is 6.73. The lowest BCUT2D eigenvalue weighted by Crippen LogP contribution is -2.16. The van der Waals surface area contributed by atoms with Gasteiger partial charge in [-0.3, -0.25) is 4.79 Å². The van der Waals surface area contributed by atoms with Crippen molar-refractivity contribution >= 4 is 5.97 Å². The molecule has 1 atom stereocenters. The third-order valence-electron chi connectivity index (χ3n) is 3.07. The predicted octanol–water partition coefficient (Wildman–Crippen LogP) is 1.81. The average Bonchev–Trinajstić information content (AvgIpc) is 2.39. The zero-order valence-corrected chi connectivity index (χ0v) is 11.4. The Labute approximate surface area is 114 Å². The quantitative estimate of drug-likeness (QED) is 0.596. The standard InChI is InChI=1S/C15H23NO3/c1-12(11-17)3-2-8-16-10-14-6-4-13(5-7-14)9-15(18)19/h4-7,12,16-17H,2-3,8-11H2,1H3,(H,18,19). The van der Waals surface area contributed by atoms with Crippen molar-refractivity contribution in [3.63, 3.8) is 0 Å². The Morgan fingerprint density at radius 1 is 1.26 bits per heavy atom. The van der Waals surface area contributed by atoms with E-state index in [0.29, 0.717) is 5.92 Å². The molecular weight excluding hydrogens is 242 g/mol. The number of hydrogen-bond donors (Lipinski definition) is 3. The second kappa shape index (κ2) is 8.67. The molecule has 1 aromatic rings. The van der Waals surface area contributed by atoms with Gasteiger partial charge in [-0.15, -0.1) is 0 Å². The molecule has 0 aliphatic carbocycles. The molecule has 3 N–H and O–H groups in total. The molecule has 0 heterocycles. The normalized spacial score (nSPS) is 12.3. The van der Waals surface area contributed by atoms with E-state index >= 15 is 0 Å². The van der Waals surface area contributed by atoms with E-state index < -0.39 is 5.97 Å². The Hall–Kier alpha value is -1.39. The van der Waals surface area contributed by atoms with Crippen LogP contribution in [0.3, 0.4) is 0 Å². The van der Waals surface area contributed by atoms with Crippen molar-refractivity contribution in [2.45, 2.75) is 32.7 Å². The Kier molecular flexibility index (Phi) is 7.15. The van der Waals surface area contributed by atoms with E-state index in [1.807, 2.05) is 31.2 Å². The molecule has 0 spiro atoms. The maximum atomic E-state index is 10.5. The number of aliphatic hydroxyl groups excluding tert-OH is 1. The number of hydrogen-bond acceptors (Lipinski definition) is 3. The first-order valence-electron chi connectivity index (χ1n) is 6.73. The number of carboxylic acids is 1. The molecule has 0 radical (unpaired) electrons. The molecule has 106 valence electrons. The number of benzene rings is 1. The average molecular weight is 265 g/mol. The fraction of sp³-hybridized carbons (Fsp3) is 0.533. The van der Waals surface area contributed by atoms with Crippen LogP contribution in [0.1, 0.15) is 30.9 Å². The maximum absolute atomic E-state index is 10.5. The minimum atomic E-state index is -0.802. The number of aliphatic hydroxyl groups is 1. The van der Waals surface area contributed by atoms with Gasteiger partial charge in [0.25, 0.3) is 0 Å². The molecule has 0 bridgehead atoms. The summed E-state index contributed by atoms with van der Waals surface area (Å²) >= 11 is 0. The molecule has 0 aliphatic rings. The van der Waals surface area contributed by atoms with Crippen molar-refractivity contribution in [3.05, 3.63) is 35.4 Å². The van der Waals surface area contributed by atoms with E-state index in [9.17, 15) is 4.79 Å². The second-order valence-corrected chi connectivity index (χ2v) is 4.99. The summed E-state index contributed by atoms with van der Waals surface area (Å²) in [5.74, 6) is -0.430. The first kappa shape index (κ1) is 15.7. The second-order valence-electron chi connectivity index (χ2n) is 4.99. The van der Waals surface area contributed by atoms with E-state index in [0.717, 1.165) is 37.1 Å². The predicted molar refractivity (Wildman–Crippen MR) is 75.0 cm³/mol. The van der Waals surface area contributed by atoms with Gasteiger partial charge >= 0.3 is 5.97 Å². The van der Waals surface area contributed by atoms with Crippen LogP contribution in [0.15, 0.2) is 24.3 Å². The molecule has 0 aliphatic heterocycles. The molecule has 0 aromatic heterocycles. The van der Waals surface area contributed by atoms with Crippen LogP contribution >= 0.6 is 0 Å². The van der Waals surface area contributed by atoms with E-state index in [1.54, 1.807) is 0 Å². The fourth-order valence-electron chi connectivity index (χ4n) is 1.85. The monoisotopic (exact) mass is 265 g/mol. The molecule has 4 nitrogen and oxygen atoms in total. The van der Waals surface area contributed by atoms with Gasteiger partial charge in [0.2, 0.25) is 0 Å². The molecule has 0 fully saturated rings. The zero-order chi connectivity index (χ0) is 14.1. The van der Waals surface area contributed by atoms with Crippen molar-refractivity contribution in [1.29, 1.82) is 0 Å². The van der Waals surface area contributed by atoms with Gasteiger partial charge in [0.15, 0.2) is 0 Å². The Balaban J connectivity index is 2.21.